The summed E-state index contributed by atoms with van der Waals surface area (Å²) in [6.45, 7) is 2.29. The van der Waals surface area contributed by atoms with Crippen LogP contribution < -0.4 is 0 Å². The molecule has 14 heavy (non-hydrogen) atoms. The first-order valence-corrected chi connectivity index (χ1v) is 4.99. The predicted octanol–water partition coefficient (Wildman–Crippen LogP) is 1.92. The minimum Gasteiger partial charge on any atom is -0.396 e. The van der Waals surface area contributed by atoms with Crippen molar-refractivity contribution in [1.82, 2.24) is 4.90 Å². The molecule has 0 spiro atoms. The monoisotopic (exact) mass is 193 g/mol. The zero-order valence-corrected chi connectivity index (χ0v) is 9.14. The van der Waals surface area contributed by atoms with E-state index < -0.39 is 0 Å². The van der Waals surface area contributed by atoms with E-state index in [2.05, 4.69) is 24.0 Å². The van der Waals surface area contributed by atoms with E-state index in [-0.39, 0.29) is 12.5 Å². The molecular weight excluding hydrogens is 174 g/mol. The van der Waals surface area contributed by atoms with Gasteiger partial charge in [0.25, 0.3) is 0 Å². The Morgan fingerprint density at radius 1 is 1.21 bits per heavy atom. The Morgan fingerprint density at radius 2 is 1.79 bits per heavy atom. The third-order valence-corrected chi connectivity index (χ3v) is 2.52. The van der Waals surface area contributed by atoms with Crippen molar-refractivity contribution in [2.75, 3.05) is 20.7 Å². The van der Waals surface area contributed by atoms with E-state index in [4.69, 9.17) is 0 Å². The molecule has 1 N–H and O–H groups in total. The number of hydrogen-bond donors (Lipinski definition) is 1. The third kappa shape index (κ3) is 2.56. The van der Waals surface area contributed by atoms with Gasteiger partial charge in [-0.05, 0) is 25.6 Å². The fourth-order valence-electron chi connectivity index (χ4n) is 1.89. The average molecular weight is 193 g/mol. The van der Waals surface area contributed by atoms with Crippen LogP contribution >= 0.6 is 0 Å². The van der Waals surface area contributed by atoms with Gasteiger partial charge in [-0.2, -0.15) is 0 Å². The van der Waals surface area contributed by atoms with Gasteiger partial charge in [-0.15, -0.1) is 0 Å². The smallest absolute Gasteiger partial charge is 0.0474 e. The molecule has 0 aliphatic carbocycles. The van der Waals surface area contributed by atoms with Gasteiger partial charge in [0.05, 0.1) is 0 Å². The van der Waals surface area contributed by atoms with Crippen molar-refractivity contribution < 1.29 is 5.11 Å². The maximum Gasteiger partial charge on any atom is 0.0474 e. The van der Waals surface area contributed by atoms with Gasteiger partial charge >= 0.3 is 0 Å². The Labute approximate surface area is 86.2 Å². The lowest BCUT2D eigenvalue weighted by Gasteiger charge is -2.29. The van der Waals surface area contributed by atoms with Crippen LogP contribution in [0.4, 0.5) is 0 Å². The number of aliphatic hydroxyl groups excluding tert-OH is 1. The van der Waals surface area contributed by atoms with Gasteiger partial charge in [-0.3, -0.25) is 0 Å². The molecule has 0 aliphatic rings. The molecule has 0 fully saturated rings. The molecule has 0 saturated heterocycles. The van der Waals surface area contributed by atoms with Crippen LogP contribution in [-0.2, 0) is 0 Å². The van der Waals surface area contributed by atoms with Crippen LogP contribution in [0.1, 0.15) is 18.5 Å². The van der Waals surface area contributed by atoms with E-state index in [1.807, 2.05) is 32.3 Å². The Kier molecular flexibility index (Phi) is 4.11. The fraction of sp³-hybridized carbons (Fsp3) is 0.500. The molecular formula is C12H19NO. The second-order valence-corrected chi connectivity index (χ2v) is 3.98. The number of benzene rings is 1. The van der Waals surface area contributed by atoms with E-state index in [9.17, 15) is 5.11 Å². The van der Waals surface area contributed by atoms with Crippen molar-refractivity contribution >= 4 is 0 Å². The summed E-state index contributed by atoms with van der Waals surface area (Å²) >= 11 is 0. The summed E-state index contributed by atoms with van der Waals surface area (Å²) in [4.78, 5) is 2.15. The summed E-state index contributed by atoms with van der Waals surface area (Å²) in [5.41, 5.74) is 1.26. The molecule has 0 amide bonds. The fourth-order valence-corrected chi connectivity index (χ4v) is 1.89. The van der Waals surface area contributed by atoms with Crippen LogP contribution in [0.5, 0.6) is 0 Å². The van der Waals surface area contributed by atoms with Crippen LogP contribution in [0.25, 0.3) is 0 Å². The molecule has 78 valence electrons. The maximum absolute atomic E-state index is 9.19. The topological polar surface area (TPSA) is 23.5 Å². The molecule has 0 heterocycles. The van der Waals surface area contributed by atoms with E-state index in [0.29, 0.717) is 6.04 Å². The van der Waals surface area contributed by atoms with Crippen molar-refractivity contribution in [3.05, 3.63) is 35.9 Å². The van der Waals surface area contributed by atoms with Crippen molar-refractivity contribution in [2.45, 2.75) is 13.0 Å². The first-order valence-electron chi connectivity index (χ1n) is 4.99. The summed E-state index contributed by atoms with van der Waals surface area (Å²) in [6.07, 6.45) is 0. The molecule has 0 aliphatic heterocycles. The highest BCUT2D eigenvalue weighted by Gasteiger charge is 2.20. The SMILES string of the molecule is CC(CO)C(c1ccccc1)N(C)C. The molecule has 0 radical (unpaired) electrons. The molecule has 2 heteroatoms. The van der Waals surface area contributed by atoms with Gasteiger partial charge < -0.3 is 10.0 Å². The highest BCUT2D eigenvalue weighted by molar-refractivity contribution is 5.19. The Bertz CT molecular complexity index is 258. The van der Waals surface area contributed by atoms with Crippen LogP contribution in [-0.4, -0.2) is 30.7 Å². The zero-order valence-electron chi connectivity index (χ0n) is 9.14. The number of hydrogen-bond acceptors (Lipinski definition) is 2. The molecule has 1 aromatic carbocycles. The standard InChI is InChI=1S/C12H19NO/c1-10(9-14)12(13(2)3)11-7-5-4-6-8-11/h4-8,10,12,14H,9H2,1-3H3. The first-order chi connectivity index (χ1) is 6.66. The Morgan fingerprint density at radius 3 is 2.21 bits per heavy atom. The van der Waals surface area contributed by atoms with Gasteiger partial charge in [-0.25, -0.2) is 0 Å². The van der Waals surface area contributed by atoms with E-state index in [1.54, 1.807) is 0 Å². The summed E-state index contributed by atoms with van der Waals surface area (Å²) in [5.74, 6) is 0.257. The molecule has 0 aromatic heterocycles. The Balaban J connectivity index is 2.89. The largest absolute Gasteiger partial charge is 0.396 e. The van der Waals surface area contributed by atoms with Crippen molar-refractivity contribution in [1.29, 1.82) is 0 Å². The molecule has 1 rings (SSSR count). The lowest BCUT2D eigenvalue weighted by molar-refractivity contribution is 0.146. The minimum absolute atomic E-state index is 0.220. The summed E-state index contributed by atoms with van der Waals surface area (Å²) in [6, 6.07) is 10.6. The van der Waals surface area contributed by atoms with Gasteiger partial charge in [0, 0.05) is 12.6 Å². The highest BCUT2D eigenvalue weighted by atomic mass is 16.3. The summed E-state index contributed by atoms with van der Waals surface area (Å²) in [5, 5.41) is 9.19. The quantitative estimate of drug-likeness (QED) is 0.789. The normalized spacial score (nSPS) is 15.5. The minimum atomic E-state index is 0.220. The lowest BCUT2D eigenvalue weighted by atomic mass is 9.94. The number of rotatable bonds is 4. The van der Waals surface area contributed by atoms with Crippen molar-refractivity contribution in [2.24, 2.45) is 5.92 Å². The summed E-state index contributed by atoms with van der Waals surface area (Å²) < 4.78 is 0. The van der Waals surface area contributed by atoms with Gasteiger partial charge in [-0.1, -0.05) is 37.3 Å². The molecule has 1 aromatic rings. The van der Waals surface area contributed by atoms with Crippen molar-refractivity contribution in [3.8, 4) is 0 Å². The maximum atomic E-state index is 9.19. The van der Waals surface area contributed by atoms with E-state index >= 15 is 0 Å². The molecule has 0 bridgehead atoms. The van der Waals surface area contributed by atoms with E-state index in [1.165, 1.54) is 5.56 Å². The molecule has 2 unspecified atom stereocenters. The van der Waals surface area contributed by atoms with Crippen LogP contribution in [0.15, 0.2) is 30.3 Å². The third-order valence-electron chi connectivity index (χ3n) is 2.52. The lowest BCUT2D eigenvalue weighted by Crippen LogP contribution is -2.27. The second-order valence-electron chi connectivity index (χ2n) is 3.98. The van der Waals surface area contributed by atoms with E-state index in [0.717, 1.165) is 0 Å². The molecule has 0 saturated carbocycles. The van der Waals surface area contributed by atoms with Gasteiger partial charge in [0.1, 0.15) is 0 Å². The number of nitrogens with zero attached hydrogens (tertiary/aromatic N) is 1. The van der Waals surface area contributed by atoms with Gasteiger partial charge in [0.2, 0.25) is 0 Å². The molecule has 2 atom stereocenters. The van der Waals surface area contributed by atoms with Crippen molar-refractivity contribution in [3.63, 3.8) is 0 Å². The van der Waals surface area contributed by atoms with Crippen LogP contribution in [0.2, 0.25) is 0 Å². The predicted molar refractivity (Wildman–Crippen MR) is 59.1 cm³/mol. The first kappa shape index (κ1) is 11.2. The highest BCUT2D eigenvalue weighted by Crippen LogP contribution is 2.25. The zero-order chi connectivity index (χ0) is 10.6. The van der Waals surface area contributed by atoms with Crippen LogP contribution in [0, 0.1) is 5.92 Å². The van der Waals surface area contributed by atoms with Gasteiger partial charge in [0.15, 0.2) is 0 Å². The second kappa shape index (κ2) is 5.13. The van der Waals surface area contributed by atoms with Crippen LogP contribution in [0.3, 0.4) is 0 Å². The number of aliphatic hydroxyl groups is 1. The summed E-state index contributed by atoms with van der Waals surface area (Å²) in [7, 11) is 4.09. The molecule has 2 nitrogen and oxygen atoms in total. The average Bonchev–Trinajstić information content (AvgIpc) is 2.19. The Hall–Kier alpha value is -0.860.